The van der Waals surface area contributed by atoms with Gasteiger partial charge in [-0.15, -0.1) is 12.4 Å². The van der Waals surface area contributed by atoms with E-state index in [1.807, 2.05) is 0 Å². The van der Waals surface area contributed by atoms with Crippen molar-refractivity contribution < 1.29 is 0 Å². The second kappa shape index (κ2) is 22.9. The fraction of sp³-hybridized carbons (Fsp3) is 1.00. The Labute approximate surface area is 192 Å². The predicted octanol–water partition coefficient (Wildman–Crippen LogP) is 9.99. The average Bonchev–Trinajstić information content (AvgIpc) is 2.69. The smallest absolute Gasteiger partial charge is 0.0182 e. The first-order valence-electron chi connectivity index (χ1n) is 13.4. The molecule has 0 aliphatic heterocycles. The van der Waals surface area contributed by atoms with E-state index in [1.165, 1.54) is 135 Å². The minimum atomic E-state index is 0. The first kappa shape index (κ1) is 31.4. The Morgan fingerprint density at radius 1 is 0.483 bits per heavy atom. The number of nitrogens with two attached hydrogens (primary N) is 1. The molecule has 0 rings (SSSR count). The van der Waals surface area contributed by atoms with Crippen molar-refractivity contribution in [2.75, 3.05) is 0 Å². The third-order valence-electron chi connectivity index (χ3n) is 6.87. The molecular weight excluding hydrogens is 374 g/mol. The first-order valence-corrected chi connectivity index (χ1v) is 13.4. The van der Waals surface area contributed by atoms with E-state index in [1.54, 1.807) is 0 Å². The molecule has 1 atom stereocenters. The lowest BCUT2D eigenvalue weighted by Crippen LogP contribution is -2.47. The minimum Gasteiger partial charge on any atom is -0.325 e. The molecule has 0 fully saturated rings. The van der Waals surface area contributed by atoms with E-state index in [0.717, 1.165) is 5.92 Å². The summed E-state index contributed by atoms with van der Waals surface area (Å²) in [5.74, 6) is 0.756. The van der Waals surface area contributed by atoms with Crippen molar-refractivity contribution in [1.82, 2.24) is 0 Å². The summed E-state index contributed by atoms with van der Waals surface area (Å²) in [4.78, 5) is 0. The zero-order chi connectivity index (χ0) is 20.9. The molecule has 1 unspecified atom stereocenters. The quantitative estimate of drug-likeness (QED) is 0.169. The zero-order valence-electron chi connectivity index (χ0n) is 20.9. The normalized spacial score (nSPS) is 12.7. The second-order valence-electron chi connectivity index (χ2n) is 9.60. The molecule has 0 aliphatic rings. The van der Waals surface area contributed by atoms with Gasteiger partial charge in [-0.05, 0) is 31.6 Å². The van der Waals surface area contributed by atoms with Gasteiger partial charge in [-0.2, -0.15) is 0 Å². The van der Waals surface area contributed by atoms with Crippen molar-refractivity contribution in [3.63, 3.8) is 0 Å². The van der Waals surface area contributed by atoms with Crippen LogP contribution in [0, 0.1) is 5.92 Å². The van der Waals surface area contributed by atoms with Crippen LogP contribution in [-0.2, 0) is 0 Å². The third-order valence-corrected chi connectivity index (χ3v) is 6.87. The van der Waals surface area contributed by atoms with Gasteiger partial charge in [-0.1, -0.05) is 137 Å². The van der Waals surface area contributed by atoms with Crippen molar-refractivity contribution in [1.29, 1.82) is 0 Å². The number of unbranched alkanes of at least 4 members (excludes halogenated alkanes) is 13. The summed E-state index contributed by atoms with van der Waals surface area (Å²) >= 11 is 0. The van der Waals surface area contributed by atoms with Crippen LogP contribution in [0.2, 0.25) is 0 Å². The lowest BCUT2D eigenvalue weighted by molar-refractivity contribution is 0.190. The highest BCUT2D eigenvalue weighted by Gasteiger charge is 2.32. The molecule has 0 heterocycles. The monoisotopic (exact) mass is 431 g/mol. The highest BCUT2D eigenvalue weighted by atomic mass is 35.5. The van der Waals surface area contributed by atoms with Crippen LogP contribution in [0.15, 0.2) is 0 Å². The summed E-state index contributed by atoms with van der Waals surface area (Å²) in [6.45, 7) is 9.27. The van der Waals surface area contributed by atoms with Gasteiger partial charge in [-0.25, -0.2) is 0 Å². The van der Waals surface area contributed by atoms with Gasteiger partial charge < -0.3 is 5.73 Å². The van der Waals surface area contributed by atoms with Gasteiger partial charge in [0.05, 0.1) is 0 Å². The van der Waals surface area contributed by atoms with Gasteiger partial charge >= 0.3 is 0 Å². The highest BCUT2D eigenvalue weighted by Crippen LogP contribution is 2.35. The predicted molar refractivity (Wildman–Crippen MR) is 137 cm³/mol. The van der Waals surface area contributed by atoms with Gasteiger partial charge in [0.2, 0.25) is 0 Å². The van der Waals surface area contributed by atoms with Crippen molar-refractivity contribution in [3.05, 3.63) is 0 Å². The van der Waals surface area contributed by atoms with Crippen LogP contribution in [0.5, 0.6) is 0 Å². The summed E-state index contributed by atoms with van der Waals surface area (Å²) in [6, 6.07) is 0. The zero-order valence-corrected chi connectivity index (χ0v) is 21.7. The number of rotatable bonds is 22. The summed E-state index contributed by atoms with van der Waals surface area (Å²) < 4.78 is 0. The average molecular weight is 432 g/mol. The SMILES string of the molecule is CCCCCCCC(CCCC)C(N)(CCCCCCC)CCCCCCC.Cl. The van der Waals surface area contributed by atoms with E-state index >= 15 is 0 Å². The van der Waals surface area contributed by atoms with Crippen molar-refractivity contribution in [3.8, 4) is 0 Å². The van der Waals surface area contributed by atoms with Crippen LogP contribution in [-0.4, -0.2) is 5.54 Å². The van der Waals surface area contributed by atoms with E-state index in [2.05, 4.69) is 27.7 Å². The number of hydrogen-bond acceptors (Lipinski definition) is 1. The molecule has 0 aromatic rings. The molecule has 0 aromatic carbocycles. The summed E-state index contributed by atoms with van der Waals surface area (Å²) in [6.07, 6.45) is 28.7. The number of hydrogen-bond donors (Lipinski definition) is 1. The van der Waals surface area contributed by atoms with Crippen molar-refractivity contribution in [2.45, 2.75) is 168 Å². The van der Waals surface area contributed by atoms with E-state index in [4.69, 9.17) is 5.73 Å². The summed E-state index contributed by atoms with van der Waals surface area (Å²) in [5.41, 5.74) is 7.36. The highest BCUT2D eigenvalue weighted by molar-refractivity contribution is 5.85. The standard InChI is InChI=1S/C27H57N.ClH/c1-5-9-13-16-19-23-26(22-12-8-4)27(28,24-20-17-14-10-6-2)25-21-18-15-11-7-3;/h26H,5-25,28H2,1-4H3;1H. The molecule has 0 radical (unpaired) electrons. The maximum absolute atomic E-state index is 7.25. The molecule has 0 saturated heterocycles. The Morgan fingerprint density at radius 2 is 0.828 bits per heavy atom. The summed E-state index contributed by atoms with van der Waals surface area (Å²) in [7, 11) is 0. The number of halogens is 1. The maximum Gasteiger partial charge on any atom is 0.0182 e. The molecule has 0 aliphatic carbocycles. The Kier molecular flexibility index (Phi) is 24.9. The molecule has 2 heteroatoms. The van der Waals surface area contributed by atoms with E-state index in [9.17, 15) is 0 Å². The summed E-state index contributed by atoms with van der Waals surface area (Å²) in [5, 5.41) is 0. The van der Waals surface area contributed by atoms with E-state index < -0.39 is 0 Å². The van der Waals surface area contributed by atoms with E-state index in [-0.39, 0.29) is 17.9 Å². The van der Waals surface area contributed by atoms with Crippen molar-refractivity contribution >= 4 is 12.4 Å². The fourth-order valence-corrected chi connectivity index (χ4v) is 4.81. The Bertz CT molecular complexity index is 291. The van der Waals surface area contributed by atoms with Gasteiger partial charge in [0.1, 0.15) is 0 Å². The molecule has 0 spiro atoms. The lowest BCUT2D eigenvalue weighted by atomic mass is 9.72. The molecule has 0 saturated carbocycles. The molecule has 29 heavy (non-hydrogen) atoms. The van der Waals surface area contributed by atoms with Crippen LogP contribution in [0.4, 0.5) is 0 Å². The molecule has 0 bridgehead atoms. The maximum atomic E-state index is 7.25. The largest absolute Gasteiger partial charge is 0.325 e. The molecule has 0 amide bonds. The Hall–Kier alpha value is 0.250. The topological polar surface area (TPSA) is 26.0 Å². The fourth-order valence-electron chi connectivity index (χ4n) is 4.81. The van der Waals surface area contributed by atoms with Gasteiger partial charge in [-0.3, -0.25) is 0 Å². The molecule has 2 N–H and O–H groups in total. The van der Waals surface area contributed by atoms with Gasteiger partial charge in [0, 0.05) is 5.54 Å². The lowest BCUT2D eigenvalue weighted by Gasteiger charge is -2.39. The Morgan fingerprint density at radius 3 is 1.24 bits per heavy atom. The second-order valence-corrected chi connectivity index (χ2v) is 9.60. The van der Waals surface area contributed by atoms with Gasteiger partial charge in [0.15, 0.2) is 0 Å². The molecule has 1 nitrogen and oxygen atoms in total. The van der Waals surface area contributed by atoms with E-state index in [0.29, 0.717) is 0 Å². The molecular formula is C27H58ClN. The van der Waals surface area contributed by atoms with Gasteiger partial charge in [0.25, 0.3) is 0 Å². The molecule has 0 aromatic heterocycles. The first-order chi connectivity index (χ1) is 13.6. The minimum absolute atomic E-state index is 0. The van der Waals surface area contributed by atoms with Crippen LogP contribution in [0.1, 0.15) is 163 Å². The van der Waals surface area contributed by atoms with Crippen LogP contribution in [0.25, 0.3) is 0 Å². The third kappa shape index (κ3) is 17.6. The van der Waals surface area contributed by atoms with Crippen LogP contribution < -0.4 is 5.73 Å². The van der Waals surface area contributed by atoms with Crippen LogP contribution in [0.3, 0.4) is 0 Å². The molecule has 178 valence electrons. The van der Waals surface area contributed by atoms with Crippen LogP contribution >= 0.6 is 12.4 Å². The Balaban J connectivity index is 0. The van der Waals surface area contributed by atoms with Crippen molar-refractivity contribution in [2.24, 2.45) is 11.7 Å².